The summed E-state index contributed by atoms with van der Waals surface area (Å²) in [5.41, 5.74) is 0. The molecule has 0 radical (unpaired) electrons. The van der Waals surface area contributed by atoms with Crippen molar-refractivity contribution in [2.24, 2.45) is 0 Å². The quantitative estimate of drug-likeness (QED) is 0.0278. The SMILES string of the molecule is CCCCCCCCCCCCCCCCCCCCCCCCCCCCCCCCCCCC(=O)OC(COC(=O)CCCCCCC)COP(=O)(O)OCC[N+](C)(C)C. The van der Waals surface area contributed by atoms with Gasteiger partial charge in [-0.2, -0.15) is 0 Å². The molecule has 0 aromatic carbocycles. The minimum atomic E-state index is -4.36. The highest BCUT2D eigenvalue weighted by Crippen LogP contribution is 2.43. The molecule has 0 fully saturated rings. The molecule has 0 saturated carbocycles. The molecule has 62 heavy (non-hydrogen) atoms. The van der Waals surface area contributed by atoms with Gasteiger partial charge in [0, 0.05) is 12.8 Å². The number of hydrogen-bond acceptors (Lipinski definition) is 7. The summed E-state index contributed by atoms with van der Waals surface area (Å²) in [4.78, 5) is 35.1. The van der Waals surface area contributed by atoms with Gasteiger partial charge in [-0.25, -0.2) is 4.57 Å². The second-order valence-corrected chi connectivity index (χ2v) is 21.1. The Balaban J connectivity index is 3.77. The van der Waals surface area contributed by atoms with Crippen LogP contribution in [0.1, 0.15) is 271 Å². The van der Waals surface area contributed by atoms with Crippen molar-refractivity contribution in [2.75, 3.05) is 47.5 Å². The van der Waals surface area contributed by atoms with Crippen LogP contribution in [-0.4, -0.2) is 74.9 Å². The molecule has 0 bridgehead atoms. The monoisotopic (exact) mass is 903 g/mol. The molecule has 0 saturated heterocycles. The smallest absolute Gasteiger partial charge is 0.462 e. The van der Waals surface area contributed by atoms with Gasteiger partial charge in [-0.05, 0) is 12.8 Å². The third kappa shape index (κ3) is 48.5. The van der Waals surface area contributed by atoms with Crippen LogP contribution in [0.5, 0.6) is 0 Å². The van der Waals surface area contributed by atoms with Crippen LogP contribution in [0.15, 0.2) is 0 Å². The van der Waals surface area contributed by atoms with Gasteiger partial charge in [-0.3, -0.25) is 18.6 Å². The number of ether oxygens (including phenoxy) is 2. The Labute approximate surface area is 384 Å². The molecule has 0 aromatic heterocycles. The Morgan fingerprint density at radius 2 is 0.726 bits per heavy atom. The van der Waals surface area contributed by atoms with Crippen molar-refractivity contribution in [1.82, 2.24) is 0 Å². The number of nitrogens with zero attached hydrogens (tertiary/aromatic N) is 1. The van der Waals surface area contributed by atoms with E-state index in [1.165, 1.54) is 193 Å². The number of carbonyl (C=O) groups excluding carboxylic acids is 2. The van der Waals surface area contributed by atoms with Gasteiger partial charge < -0.3 is 18.9 Å². The highest BCUT2D eigenvalue weighted by Gasteiger charge is 2.27. The molecule has 0 aliphatic rings. The molecule has 10 heteroatoms. The molecular weight excluding hydrogens is 798 g/mol. The van der Waals surface area contributed by atoms with Crippen molar-refractivity contribution in [2.45, 2.75) is 277 Å². The van der Waals surface area contributed by atoms with E-state index < -0.39 is 26.5 Å². The van der Waals surface area contributed by atoms with E-state index in [1.54, 1.807) is 0 Å². The van der Waals surface area contributed by atoms with Crippen LogP contribution in [0, 0.1) is 0 Å². The number of likely N-dealkylation sites (N-methyl/N-ethyl adjacent to an activating group) is 1. The topological polar surface area (TPSA) is 108 Å². The molecule has 2 atom stereocenters. The number of quaternary nitrogens is 1. The standard InChI is InChI=1S/C52H104NO8P/c1-6-8-10-12-13-14-15-16-17-18-19-20-21-22-23-24-25-26-27-28-29-30-31-32-33-34-35-36-37-38-39-41-43-45-52(55)61-50(48-58-51(54)44-42-40-11-9-7-2)49-60-62(56,57)59-47-46-53(3,4)5/h50H,6-49H2,1-5H3/p+1. The first kappa shape index (κ1) is 61.0. The number of unbranched alkanes of at least 4 members (excludes halogenated alkanes) is 36. The summed E-state index contributed by atoms with van der Waals surface area (Å²) >= 11 is 0. The molecule has 9 nitrogen and oxygen atoms in total. The zero-order chi connectivity index (χ0) is 45.7. The summed E-state index contributed by atoms with van der Waals surface area (Å²) in [6.45, 7) is 4.37. The predicted molar refractivity (Wildman–Crippen MR) is 261 cm³/mol. The number of phosphoric ester groups is 1. The minimum Gasteiger partial charge on any atom is -0.462 e. The molecule has 0 aromatic rings. The number of esters is 2. The number of carbonyl (C=O) groups is 2. The van der Waals surface area contributed by atoms with Crippen LogP contribution in [0.25, 0.3) is 0 Å². The van der Waals surface area contributed by atoms with Gasteiger partial charge in [-0.15, -0.1) is 0 Å². The summed E-state index contributed by atoms with van der Waals surface area (Å²) in [6.07, 6.45) is 49.6. The van der Waals surface area contributed by atoms with E-state index >= 15 is 0 Å². The van der Waals surface area contributed by atoms with E-state index in [0.29, 0.717) is 11.0 Å². The number of phosphoric acid groups is 1. The second kappa shape index (κ2) is 45.2. The van der Waals surface area contributed by atoms with Gasteiger partial charge in [0.2, 0.25) is 0 Å². The zero-order valence-electron chi connectivity index (χ0n) is 41.9. The maximum absolute atomic E-state index is 12.7. The molecule has 2 unspecified atom stereocenters. The first-order valence-corrected chi connectivity index (χ1v) is 28.3. The van der Waals surface area contributed by atoms with Crippen molar-refractivity contribution < 1.29 is 42.1 Å². The molecule has 0 aliphatic heterocycles. The molecular formula is C52H105NO8P+. The minimum absolute atomic E-state index is 0.0362. The molecule has 1 N–H and O–H groups in total. The van der Waals surface area contributed by atoms with E-state index in [1.807, 2.05) is 21.1 Å². The second-order valence-electron chi connectivity index (χ2n) is 19.6. The van der Waals surface area contributed by atoms with Crippen molar-refractivity contribution >= 4 is 19.8 Å². The van der Waals surface area contributed by atoms with E-state index in [0.717, 1.165) is 51.4 Å². The fourth-order valence-electron chi connectivity index (χ4n) is 7.96. The highest BCUT2D eigenvalue weighted by molar-refractivity contribution is 7.47. The number of rotatable bonds is 50. The third-order valence-corrected chi connectivity index (χ3v) is 13.1. The van der Waals surface area contributed by atoms with Gasteiger partial charge in [0.25, 0.3) is 0 Å². The van der Waals surface area contributed by atoms with E-state index in [2.05, 4.69) is 13.8 Å². The number of hydrogen-bond donors (Lipinski definition) is 1. The Morgan fingerprint density at radius 3 is 1.03 bits per heavy atom. The summed E-state index contributed by atoms with van der Waals surface area (Å²) in [5.74, 6) is -0.797. The van der Waals surface area contributed by atoms with Crippen molar-refractivity contribution in [1.29, 1.82) is 0 Å². The summed E-state index contributed by atoms with van der Waals surface area (Å²) in [5, 5.41) is 0. The van der Waals surface area contributed by atoms with E-state index in [-0.39, 0.29) is 32.0 Å². The van der Waals surface area contributed by atoms with Gasteiger partial charge in [0.1, 0.15) is 19.8 Å². The van der Waals surface area contributed by atoms with Crippen molar-refractivity contribution in [3.8, 4) is 0 Å². The van der Waals surface area contributed by atoms with Gasteiger partial charge in [-0.1, -0.05) is 245 Å². The molecule has 0 aliphatic carbocycles. The lowest BCUT2D eigenvalue weighted by molar-refractivity contribution is -0.870. The van der Waals surface area contributed by atoms with Crippen LogP contribution in [0.3, 0.4) is 0 Å². The third-order valence-electron chi connectivity index (χ3n) is 12.1. The van der Waals surface area contributed by atoms with Crippen LogP contribution in [0.2, 0.25) is 0 Å². The molecule has 0 heterocycles. The fourth-order valence-corrected chi connectivity index (χ4v) is 8.70. The largest absolute Gasteiger partial charge is 0.472 e. The predicted octanol–water partition coefficient (Wildman–Crippen LogP) is 15.9. The van der Waals surface area contributed by atoms with Crippen LogP contribution < -0.4 is 0 Å². The Hall–Kier alpha value is -0.990. The normalized spacial score (nSPS) is 13.3. The lowest BCUT2D eigenvalue weighted by atomic mass is 10.0. The Bertz CT molecular complexity index is 1020. The van der Waals surface area contributed by atoms with Crippen LogP contribution in [0.4, 0.5) is 0 Å². The zero-order valence-corrected chi connectivity index (χ0v) is 42.8. The van der Waals surface area contributed by atoms with Gasteiger partial charge >= 0.3 is 19.8 Å². The molecule has 370 valence electrons. The highest BCUT2D eigenvalue weighted by atomic mass is 31.2. The van der Waals surface area contributed by atoms with Gasteiger partial charge in [0.05, 0.1) is 27.7 Å². The molecule has 0 amide bonds. The average molecular weight is 903 g/mol. The van der Waals surface area contributed by atoms with Crippen LogP contribution in [-0.2, 0) is 32.7 Å². The van der Waals surface area contributed by atoms with Crippen LogP contribution >= 0.6 is 7.82 Å². The van der Waals surface area contributed by atoms with Gasteiger partial charge in [0.15, 0.2) is 6.10 Å². The average Bonchev–Trinajstić information content (AvgIpc) is 3.22. The lowest BCUT2D eigenvalue weighted by Gasteiger charge is -2.24. The summed E-state index contributed by atoms with van der Waals surface area (Å²) in [7, 11) is 1.49. The summed E-state index contributed by atoms with van der Waals surface area (Å²) < 4.78 is 34.2. The summed E-state index contributed by atoms with van der Waals surface area (Å²) in [6, 6.07) is 0. The maximum Gasteiger partial charge on any atom is 0.472 e. The Kier molecular flexibility index (Phi) is 44.5. The Morgan fingerprint density at radius 1 is 0.435 bits per heavy atom. The van der Waals surface area contributed by atoms with Crippen molar-refractivity contribution in [3.05, 3.63) is 0 Å². The molecule has 0 spiro atoms. The van der Waals surface area contributed by atoms with E-state index in [9.17, 15) is 19.0 Å². The first-order valence-electron chi connectivity index (χ1n) is 26.8. The maximum atomic E-state index is 12.7. The molecule has 0 rings (SSSR count). The van der Waals surface area contributed by atoms with E-state index in [4.69, 9.17) is 18.5 Å². The fraction of sp³-hybridized carbons (Fsp3) is 0.962. The lowest BCUT2D eigenvalue weighted by Crippen LogP contribution is -2.37. The van der Waals surface area contributed by atoms with Crippen molar-refractivity contribution in [3.63, 3.8) is 0 Å². The first-order chi connectivity index (χ1) is 30.0.